The second kappa shape index (κ2) is 5.40. The summed E-state index contributed by atoms with van der Waals surface area (Å²) in [5, 5.41) is 0. The van der Waals surface area contributed by atoms with Crippen molar-refractivity contribution >= 4 is 0 Å². The Morgan fingerprint density at radius 3 is 2.56 bits per heavy atom. The lowest BCUT2D eigenvalue weighted by Crippen LogP contribution is -2.40. The van der Waals surface area contributed by atoms with Crippen LogP contribution in [0.5, 0.6) is 0 Å². The first kappa shape index (κ1) is 13.5. The molecule has 0 radical (unpaired) electrons. The fraction of sp³-hybridized carbons (Fsp3) is 0.625. The second-order valence-electron chi connectivity index (χ2n) is 5.85. The highest BCUT2D eigenvalue weighted by Gasteiger charge is 2.33. The van der Waals surface area contributed by atoms with Crippen molar-refractivity contribution in [2.75, 3.05) is 0 Å². The first-order valence-corrected chi connectivity index (χ1v) is 7.10. The summed E-state index contributed by atoms with van der Waals surface area (Å²) in [6.07, 6.45) is 7.06. The van der Waals surface area contributed by atoms with Gasteiger partial charge in [0.1, 0.15) is 5.82 Å². The van der Waals surface area contributed by atoms with Crippen molar-refractivity contribution in [3.63, 3.8) is 0 Å². The Hall–Kier alpha value is -0.890. The fourth-order valence-corrected chi connectivity index (χ4v) is 3.13. The Morgan fingerprint density at radius 2 is 2.00 bits per heavy atom. The van der Waals surface area contributed by atoms with E-state index >= 15 is 0 Å². The van der Waals surface area contributed by atoms with Crippen molar-refractivity contribution in [1.29, 1.82) is 0 Å². The molecule has 0 saturated heterocycles. The zero-order chi connectivity index (χ0) is 13.2. The lowest BCUT2D eigenvalue weighted by atomic mass is 9.72. The summed E-state index contributed by atoms with van der Waals surface area (Å²) in [4.78, 5) is 0. The van der Waals surface area contributed by atoms with E-state index in [9.17, 15) is 4.39 Å². The molecule has 0 atom stereocenters. The largest absolute Gasteiger partial charge is 0.321 e. The Kier molecular flexibility index (Phi) is 4.06. The first-order valence-electron chi connectivity index (χ1n) is 7.10. The van der Waals surface area contributed by atoms with Gasteiger partial charge in [-0.25, -0.2) is 4.39 Å². The zero-order valence-electron chi connectivity index (χ0n) is 11.5. The van der Waals surface area contributed by atoms with Crippen molar-refractivity contribution in [3.8, 4) is 0 Å². The van der Waals surface area contributed by atoms with Crippen molar-refractivity contribution in [2.24, 2.45) is 11.7 Å². The summed E-state index contributed by atoms with van der Waals surface area (Å²) < 4.78 is 13.3. The number of nitrogens with two attached hydrogens (primary N) is 1. The third-order valence-electron chi connectivity index (χ3n) is 4.43. The molecule has 100 valence electrons. The molecule has 1 aliphatic rings. The van der Waals surface area contributed by atoms with Gasteiger partial charge in [-0.05, 0) is 55.7 Å². The number of hydrogen-bond donors (Lipinski definition) is 1. The highest BCUT2D eigenvalue weighted by atomic mass is 19.1. The molecular weight excluding hydrogens is 225 g/mol. The molecule has 1 fully saturated rings. The van der Waals surface area contributed by atoms with E-state index in [0.717, 1.165) is 24.3 Å². The lowest BCUT2D eigenvalue weighted by molar-refractivity contribution is 0.226. The summed E-state index contributed by atoms with van der Waals surface area (Å²) in [5.74, 6) is 0.704. The predicted octanol–water partition coefficient (Wildman–Crippen LogP) is 4.28. The summed E-state index contributed by atoms with van der Waals surface area (Å²) >= 11 is 0. The van der Waals surface area contributed by atoms with E-state index in [0.29, 0.717) is 5.56 Å². The number of aryl methyl sites for hydroxylation is 1. The van der Waals surface area contributed by atoms with Crippen molar-refractivity contribution in [1.82, 2.24) is 0 Å². The van der Waals surface area contributed by atoms with Gasteiger partial charge >= 0.3 is 0 Å². The van der Waals surface area contributed by atoms with Crippen LogP contribution in [0.25, 0.3) is 0 Å². The molecule has 0 amide bonds. The molecule has 0 aliphatic heterocycles. The minimum atomic E-state index is -0.233. The summed E-state index contributed by atoms with van der Waals surface area (Å²) in [6.45, 7) is 4.05. The molecule has 1 saturated carbocycles. The molecule has 1 aliphatic carbocycles. The van der Waals surface area contributed by atoms with Crippen molar-refractivity contribution in [2.45, 2.75) is 57.9 Å². The van der Waals surface area contributed by atoms with Crippen LogP contribution < -0.4 is 5.73 Å². The normalized spacial score (nSPS) is 28.3. The molecule has 18 heavy (non-hydrogen) atoms. The van der Waals surface area contributed by atoms with E-state index in [1.165, 1.54) is 25.7 Å². The van der Waals surface area contributed by atoms with Gasteiger partial charge in [0, 0.05) is 5.54 Å². The predicted molar refractivity (Wildman–Crippen MR) is 73.9 cm³/mol. The van der Waals surface area contributed by atoms with Gasteiger partial charge in [0.2, 0.25) is 0 Å². The van der Waals surface area contributed by atoms with Crippen LogP contribution >= 0.6 is 0 Å². The Morgan fingerprint density at radius 1 is 1.33 bits per heavy atom. The first-order chi connectivity index (χ1) is 8.55. The standard InChI is InChI=1S/C16H24FN/c1-3-4-13-7-9-16(18,10-8-13)14-5-6-15(17)12(2)11-14/h5-6,11,13H,3-4,7-10,18H2,1-2H3. The van der Waals surface area contributed by atoms with E-state index in [4.69, 9.17) is 5.73 Å². The minimum absolute atomic E-state index is 0.137. The molecule has 1 aromatic rings. The van der Waals surface area contributed by atoms with Crippen molar-refractivity contribution < 1.29 is 4.39 Å². The molecule has 2 N–H and O–H groups in total. The Bertz CT molecular complexity index is 406. The smallest absolute Gasteiger partial charge is 0.126 e. The highest BCUT2D eigenvalue weighted by Crippen LogP contribution is 2.39. The van der Waals surface area contributed by atoms with Gasteiger partial charge in [0.25, 0.3) is 0 Å². The van der Waals surface area contributed by atoms with Crippen LogP contribution in [0.15, 0.2) is 18.2 Å². The number of benzene rings is 1. The third kappa shape index (κ3) is 2.74. The van der Waals surface area contributed by atoms with Gasteiger partial charge < -0.3 is 5.73 Å². The van der Waals surface area contributed by atoms with Gasteiger partial charge in [0.05, 0.1) is 0 Å². The average molecular weight is 249 g/mol. The van der Waals surface area contributed by atoms with Crippen molar-refractivity contribution in [3.05, 3.63) is 35.1 Å². The monoisotopic (exact) mass is 249 g/mol. The van der Waals surface area contributed by atoms with E-state index in [2.05, 4.69) is 6.92 Å². The van der Waals surface area contributed by atoms with Crippen LogP contribution in [-0.4, -0.2) is 0 Å². The van der Waals surface area contributed by atoms with Gasteiger partial charge in [-0.2, -0.15) is 0 Å². The zero-order valence-corrected chi connectivity index (χ0v) is 11.5. The fourth-order valence-electron chi connectivity index (χ4n) is 3.13. The third-order valence-corrected chi connectivity index (χ3v) is 4.43. The van der Waals surface area contributed by atoms with Gasteiger partial charge in [-0.15, -0.1) is 0 Å². The quantitative estimate of drug-likeness (QED) is 0.850. The van der Waals surface area contributed by atoms with Gasteiger partial charge in [0.15, 0.2) is 0 Å². The maximum Gasteiger partial charge on any atom is 0.126 e. The molecule has 0 aromatic heterocycles. The maximum absolute atomic E-state index is 13.3. The molecule has 2 heteroatoms. The maximum atomic E-state index is 13.3. The SMILES string of the molecule is CCCC1CCC(N)(c2ccc(F)c(C)c2)CC1. The molecular formula is C16H24FN. The molecule has 0 bridgehead atoms. The summed E-state index contributed by atoms with van der Waals surface area (Å²) in [6, 6.07) is 5.34. The molecule has 1 nitrogen and oxygen atoms in total. The average Bonchev–Trinajstić information content (AvgIpc) is 2.36. The molecule has 1 aromatic carbocycles. The summed E-state index contributed by atoms with van der Waals surface area (Å²) in [7, 11) is 0. The van der Waals surface area contributed by atoms with Crippen LogP contribution in [0.3, 0.4) is 0 Å². The van der Waals surface area contributed by atoms with E-state index in [1.807, 2.05) is 19.1 Å². The Balaban J connectivity index is 2.10. The van der Waals surface area contributed by atoms with Gasteiger partial charge in [-0.1, -0.05) is 31.9 Å². The Labute approximate surface area is 110 Å². The summed E-state index contributed by atoms with van der Waals surface area (Å²) in [5.41, 5.74) is 8.11. The van der Waals surface area contributed by atoms with Crippen LogP contribution in [0.4, 0.5) is 4.39 Å². The number of rotatable bonds is 3. The number of halogens is 1. The van der Waals surface area contributed by atoms with Gasteiger partial charge in [-0.3, -0.25) is 0 Å². The molecule has 2 rings (SSSR count). The van der Waals surface area contributed by atoms with E-state index in [-0.39, 0.29) is 11.4 Å². The van der Waals surface area contributed by atoms with Crippen LogP contribution in [0.1, 0.15) is 56.6 Å². The van der Waals surface area contributed by atoms with Crippen LogP contribution in [0.2, 0.25) is 0 Å². The second-order valence-corrected chi connectivity index (χ2v) is 5.85. The minimum Gasteiger partial charge on any atom is -0.321 e. The molecule has 0 unspecified atom stereocenters. The number of hydrogen-bond acceptors (Lipinski definition) is 1. The molecule has 0 heterocycles. The lowest BCUT2D eigenvalue weighted by Gasteiger charge is -2.38. The highest BCUT2D eigenvalue weighted by molar-refractivity contribution is 5.30. The van der Waals surface area contributed by atoms with E-state index < -0.39 is 0 Å². The topological polar surface area (TPSA) is 26.0 Å². The van der Waals surface area contributed by atoms with Crippen LogP contribution in [-0.2, 0) is 5.54 Å². The van der Waals surface area contributed by atoms with Crippen LogP contribution in [0, 0.1) is 18.7 Å². The molecule has 0 spiro atoms. The van der Waals surface area contributed by atoms with E-state index in [1.54, 1.807) is 6.07 Å².